The Hall–Kier alpha value is 0.219. The number of allylic oxidation sites excluding steroid dienone is 1. The first kappa shape index (κ1) is 19.2. The first-order chi connectivity index (χ1) is 8.84. The summed E-state index contributed by atoms with van der Waals surface area (Å²) in [5.74, 6) is 1.04. The van der Waals surface area contributed by atoms with E-state index < -0.39 is 0 Å². The van der Waals surface area contributed by atoms with Crippen molar-refractivity contribution in [2.24, 2.45) is 0 Å². The Balaban J connectivity index is 0.000000454. The largest absolute Gasteiger partial charge is 2.00 e. The molecule has 1 N–H and O–H groups in total. The fourth-order valence-corrected chi connectivity index (χ4v) is 1.72. The van der Waals surface area contributed by atoms with E-state index in [1.165, 1.54) is 0 Å². The van der Waals surface area contributed by atoms with Gasteiger partial charge in [0.2, 0.25) is 0 Å². The molecule has 2 rings (SSSR count). The summed E-state index contributed by atoms with van der Waals surface area (Å²) >= 11 is 0. The minimum Gasteiger partial charge on any atom is -0.393 e. The van der Waals surface area contributed by atoms with E-state index >= 15 is 0 Å². The van der Waals surface area contributed by atoms with Gasteiger partial charge in [-0.1, -0.05) is 12.5 Å². The Bertz CT molecular complexity index is 188. The molecular formula is C17H22FeO+2. The number of hydrogen-bond donors (Lipinski definition) is 1. The number of aliphatic hydroxyl groups excluding tert-OH is 1. The van der Waals surface area contributed by atoms with Crippen LogP contribution in [0.1, 0.15) is 25.7 Å². The van der Waals surface area contributed by atoms with Gasteiger partial charge in [-0.2, -0.15) is 0 Å². The van der Waals surface area contributed by atoms with Crippen LogP contribution in [0.3, 0.4) is 0 Å². The molecular weight excluding hydrogens is 276 g/mol. The molecule has 0 heterocycles. The van der Waals surface area contributed by atoms with Crippen LogP contribution in [0.4, 0.5) is 0 Å². The minimum atomic E-state index is -0.278. The molecule has 0 aliphatic heterocycles. The molecule has 0 aromatic heterocycles. The molecule has 2 aliphatic rings. The van der Waals surface area contributed by atoms with Crippen molar-refractivity contribution in [3.63, 3.8) is 0 Å². The minimum absolute atomic E-state index is 0. The maximum absolute atomic E-state index is 9.68. The van der Waals surface area contributed by atoms with Gasteiger partial charge in [-0.15, -0.1) is 6.58 Å². The van der Waals surface area contributed by atoms with Crippen LogP contribution in [0.25, 0.3) is 0 Å². The third-order valence-electron chi connectivity index (χ3n) is 2.76. The van der Waals surface area contributed by atoms with Gasteiger partial charge >= 0.3 is 17.1 Å². The molecule has 1 atom stereocenters. The van der Waals surface area contributed by atoms with E-state index in [2.05, 4.69) is 6.58 Å². The summed E-state index contributed by atoms with van der Waals surface area (Å²) < 4.78 is 0. The molecule has 0 aromatic rings. The Morgan fingerprint density at radius 2 is 1.47 bits per heavy atom. The molecule has 2 heteroatoms. The topological polar surface area (TPSA) is 20.2 Å². The number of hydrogen-bond acceptors (Lipinski definition) is 1. The molecule has 0 aromatic carbocycles. The van der Waals surface area contributed by atoms with Gasteiger partial charge in [-0.25, -0.2) is 0 Å². The molecule has 2 saturated carbocycles. The smallest absolute Gasteiger partial charge is 0.393 e. The Morgan fingerprint density at radius 3 is 1.95 bits per heavy atom. The summed E-state index contributed by atoms with van der Waals surface area (Å²) in [7, 11) is 0. The second-order valence-corrected chi connectivity index (χ2v) is 4.27. The second-order valence-electron chi connectivity index (χ2n) is 4.27. The van der Waals surface area contributed by atoms with Crippen LogP contribution in [-0.4, -0.2) is 11.2 Å². The average Bonchev–Trinajstić information content (AvgIpc) is 3.09. The zero-order valence-corrected chi connectivity index (χ0v) is 12.3. The first-order valence-electron chi connectivity index (χ1n) is 6.52. The van der Waals surface area contributed by atoms with Gasteiger partial charge in [-0.3, -0.25) is 0 Å². The average molecular weight is 298 g/mol. The molecule has 0 bridgehead atoms. The fourth-order valence-electron chi connectivity index (χ4n) is 1.72. The van der Waals surface area contributed by atoms with Crippen molar-refractivity contribution < 1.29 is 22.2 Å². The third kappa shape index (κ3) is 9.71. The number of rotatable bonds is 6. The van der Waals surface area contributed by atoms with Crippen molar-refractivity contribution in [2.45, 2.75) is 31.8 Å². The van der Waals surface area contributed by atoms with Gasteiger partial charge < -0.3 is 5.11 Å². The standard InChI is InChI=1S/C12H17O.C5H5.Fe/c1-2-3-4-5-10-12(13)11-8-6-7-9-11;1-2-4-5-3-1;/h2,6-9,12-13H,1,3-5,10H2;1-5H;/q;;+2. The fraction of sp³-hybridized carbons (Fsp3) is 0.294. The maximum atomic E-state index is 9.68. The third-order valence-corrected chi connectivity index (χ3v) is 2.76. The molecule has 102 valence electrons. The molecule has 0 saturated heterocycles. The molecule has 2 fully saturated rings. The summed E-state index contributed by atoms with van der Waals surface area (Å²) in [5, 5.41) is 9.68. The summed E-state index contributed by atoms with van der Waals surface area (Å²) in [6.45, 7) is 3.66. The molecule has 19 heavy (non-hydrogen) atoms. The normalized spacial score (nSPS) is 20.3. The molecule has 0 amide bonds. The van der Waals surface area contributed by atoms with Crippen LogP contribution < -0.4 is 0 Å². The first-order valence-corrected chi connectivity index (χ1v) is 6.52. The Kier molecular flexibility index (Phi) is 13.4. The summed E-state index contributed by atoms with van der Waals surface area (Å²) in [4.78, 5) is 0. The van der Waals surface area contributed by atoms with E-state index in [9.17, 15) is 5.11 Å². The predicted molar refractivity (Wildman–Crippen MR) is 76.6 cm³/mol. The summed E-state index contributed by atoms with van der Waals surface area (Å²) in [6, 6.07) is 0. The van der Waals surface area contributed by atoms with Gasteiger partial charge in [0.15, 0.2) is 0 Å². The number of aliphatic hydroxyl groups is 1. The summed E-state index contributed by atoms with van der Waals surface area (Å²) in [5.41, 5.74) is 0. The van der Waals surface area contributed by atoms with Gasteiger partial charge in [0.1, 0.15) is 0 Å². The SMILES string of the molecule is C=CCCCCC(O)[C]1[CH][CH][CH][CH]1.[CH]1[CH][CH][CH][CH]1.[Fe+2]. The van der Waals surface area contributed by atoms with Crippen LogP contribution in [0.15, 0.2) is 12.7 Å². The summed E-state index contributed by atoms with van der Waals surface area (Å²) in [6.07, 6.45) is 23.6. The van der Waals surface area contributed by atoms with Crippen molar-refractivity contribution in [3.05, 3.63) is 76.4 Å². The van der Waals surface area contributed by atoms with Crippen molar-refractivity contribution in [2.75, 3.05) is 0 Å². The maximum Gasteiger partial charge on any atom is 2.00 e. The van der Waals surface area contributed by atoms with Crippen LogP contribution in [-0.2, 0) is 17.1 Å². The van der Waals surface area contributed by atoms with Gasteiger partial charge in [0, 0.05) is 5.92 Å². The van der Waals surface area contributed by atoms with E-state index in [1.54, 1.807) is 0 Å². The van der Waals surface area contributed by atoms with Crippen LogP contribution in [0.2, 0.25) is 0 Å². The molecule has 2 aliphatic carbocycles. The van der Waals surface area contributed by atoms with Crippen LogP contribution >= 0.6 is 0 Å². The quantitative estimate of drug-likeness (QED) is 0.452. The van der Waals surface area contributed by atoms with E-state index in [4.69, 9.17) is 0 Å². The van der Waals surface area contributed by atoms with E-state index in [0.29, 0.717) is 0 Å². The zero-order valence-electron chi connectivity index (χ0n) is 11.2. The monoisotopic (exact) mass is 298 g/mol. The van der Waals surface area contributed by atoms with Crippen molar-refractivity contribution >= 4 is 0 Å². The van der Waals surface area contributed by atoms with Crippen LogP contribution in [0.5, 0.6) is 0 Å². The van der Waals surface area contributed by atoms with Crippen molar-refractivity contribution in [1.29, 1.82) is 0 Å². The predicted octanol–water partition coefficient (Wildman–Crippen LogP) is 3.52. The van der Waals surface area contributed by atoms with Crippen molar-refractivity contribution in [1.82, 2.24) is 0 Å². The van der Waals surface area contributed by atoms with E-state index in [1.807, 2.05) is 63.9 Å². The van der Waals surface area contributed by atoms with E-state index in [0.717, 1.165) is 31.6 Å². The number of unbranched alkanes of at least 4 members (excludes halogenated alkanes) is 2. The van der Waals surface area contributed by atoms with Gasteiger partial charge in [0.05, 0.1) is 6.10 Å². The second kappa shape index (κ2) is 13.2. The molecule has 10 radical (unpaired) electrons. The molecule has 1 unspecified atom stereocenters. The van der Waals surface area contributed by atoms with Crippen molar-refractivity contribution in [3.8, 4) is 0 Å². The van der Waals surface area contributed by atoms with Gasteiger partial charge in [0.25, 0.3) is 0 Å². The molecule has 1 nitrogen and oxygen atoms in total. The molecule has 0 spiro atoms. The Labute approximate surface area is 130 Å². The Morgan fingerprint density at radius 1 is 0.947 bits per heavy atom. The van der Waals surface area contributed by atoms with E-state index in [-0.39, 0.29) is 23.2 Å². The van der Waals surface area contributed by atoms with Gasteiger partial charge in [-0.05, 0) is 77.0 Å². The zero-order chi connectivity index (χ0) is 13.1. The van der Waals surface area contributed by atoms with Crippen LogP contribution in [0, 0.1) is 63.7 Å².